The third kappa shape index (κ3) is 4.99. The van der Waals surface area contributed by atoms with Crippen LogP contribution in [0.5, 0.6) is 0 Å². The number of rotatable bonds is 6. The summed E-state index contributed by atoms with van der Waals surface area (Å²) in [6.07, 6.45) is 0.759. The molecule has 0 aromatic carbocycles. The number of aromatic nitrogens is 2. The molecule has 19 heavy (non-hydrogen) atoms. The van der Waals surface area contributed by atoms with E-state index in [1.54, 1.807) is 17.8 Å². The molecule has 0 spiro atoms. The summed E-state index contributed by atoms with van der Waals surface area (Å²) in [4.78, 5) is 22.2. The van der Waals surface area contributed by atoms with Crippen LogP contribution in [0.4, 0.5) is 10.6 Å². The van der Waals surface area contributed by atoms with E-state index in [0.717, 1.165) is 5.69 Å². The number of nitrogens with one attached hydrogen (secondary N) is 2. The Labute approximate surface area is 112 Å². The lowest BCUT2D eigenvalue weighted by Crippen LogP contribution is -2.33. The summed E-state index contributed by atoms with van der Waals surface area (Å²) in [6, 6.07) is 1.38. The zero-order chi connectivity index (χ0) is 14.4. The molecule has 106 valence electrons. The molecule has 1 aromatic heterocycles. The number of carbonyl (C=O) groups is 2. The van der Waals surface area contributed by atoms with Crippen molar-refractivity contribution in [3.05, 3.63) is 11.8 Å². The lowest BCUT2D eigenvalue weighted by Gasteiger charge is -2.13. The Morgan fingerprint density at radius 2 is 2.21 bits per heavy atom. The van der Waals surface area contributed by atoms with E-state index < -0.39 is 5.97 Å². The van der Waals surface area contributed by atoms with Crippen LogP contribution in [0.2, 0.25) is 0 Å². The first-order valence-electron chi connectivity index (χ1n) is 6.19. The molecule has 0 fully saturated rings. The molecule has 1 unspecified atom stereocenters. The minimum absolute atomic E-state index is 0.0550. The zero-order valence-electron chi connectivity index (χ0n) is 11.4. The minimum atomic E-state index is -0.852. The average molecular weight is 268 g/mol. The summed E-state index contributed by atoms with van der Waals surface area (Å²) in [6.45, 7) is 4.12. The number of urea groups is 1. The molecule has 0 radical (unpaired) electrons. The fourth-order valence-electron chi connectivity index (χ4n) is 1.63. The predicted octanol–water partition coefficient (Wildman–Crippen LogP) is 1.35. The number of carboxylic acids is 1. The first-order chi connectivity index (χ1) is 8.92. The van der Waals surface area contributed by atoms with Gasteiger partial charge in [0.05, 0.1) is 0 Å². The third-order valence-corrected chi connectivity index (χ3v) is 2.95. The Morgan fingerprint density at radius 1 is 1.53 bits per heavy atom. The van der Waals surface area contributed by atoms with Gasteiger partial charge >= 0.3 is 12.0 Å². The van der Waals surface area contributed by atoms with Crippen molar-refractivity contribution >= 4 is 17.8 Å². The maximum Gasteiger partial charge on any atom is 0.320 e. The van der Waals surface area contributed by atoms with Crippen molar-refractivity contribution in [1.82, 2.24) is 15.1 Å². The molecule has 3 N–H and O–H groups in total. The van der Waals surface area contributed by atoms with Crippen LogP contribution >= 0.6 is 0 Å². The quantitative estimate of drug-likeness (QED) is 0.725. The SMILES string of the molecule is CCC(CNC(=O)Nc1cc(C)n(C)n1)CC(=O)O. The van der Waals surface area contributed by atoms with Gasteiger partial charge in [-0.3, -0.25) is 14.8 Å². The number of nitrogens with zero attached hydrogens (tertiary/aromatic N) is 2. The van der Waals surface area contributed by atoms with Crippen molar-refractivity contribution in [3.8, 4) is 0 Å². The smallest absolute Gasteiger partial charge is 0.320 e. The van der Waals surface area contributed by atoms with Gasteiger partial charge in [0, 0.05) is 31.8 Å². The van der Waals surface area contributed by atoms with E-state index in [9.17, 15) is 9.59 Å². The summed E-state index contributed by atoms with van der Waals surface area (Å²) in [5.74, 6) is -0.438. The van der Waals surface area contributed by atoms with E-state index in [0.29, 0.717) is 18.8 Å². The summed E-state index contributed by atoms with van der Waals surface area (Å²) >= 11 is 0. The lowest BCUT2D eigenvalue weighted by atomic mass is 10.0. The van der Waals surface area contributed by atoms with Crippen molar-refractivity contribution in [2.45, 2.75) is 26.7 Å². The molecule has 1 heterocycles. The summed E-state index contributed by atoms with van der Waals surface area (Å²) < 4.78 is 1.66. The van der Waals surface area contributed by atoms with Gasteiger partial charge in [0.15, 0.2) is 5.82 Å². The van der Waals surface area contributed by atoms with Crippen molar-refractivity contribution in [1.29, 1.82) is 0 Å². The van der Waals surface area contributed by atoms with Crippen molar-refractivity contribution in [3.63, 3.8) is 0 Å². The van der Waals surface area contributed by atoms with Gasteiger partial charge in [0.2, 0.25) is 0 Å². The van der Waals surface area contributed by atoms with Crippen LogP contribution in [0.25, 0.3) is 0 Å². The summed E-state index contributed by atoms with van der Waals surface area (Å²) in [5, 5.41) is 18.1. The number of anilines is 1. The van der Waals surface area contributed by atoms with E-state index in [-0.39, 0.29) is 18.4 Å². The van der Waals surface area contributed by atoms with Crippen LogP contribution in [-0.4, -0.2) is 33.4 Å². The van der Waals surface area contributed by atoms with Gasteiger partial charge in [-0.1, -0.05) is 13.3 Å². The lowest BCUT2D eigenvalue weighted by molar-refractivity contribution is -0.138. The monoisotopic (exact) mass is 268 g/mol. The number of carboxylic acid groups (broad SMARTS) is 1. The van der Waals surface area contributed by atoms with E-state index >= 15 is 0 Å². The summed E-state index contributed by atoms with van der Waals surface area (Å²) in [7, 11) is 1.79. The Balaban J connectivity index is 2.40. The Bertz CT molecular complexity index is 436. The van der Waals surface area contributed by atoms with Gasteiger partial charge in [-0.05, 0) is 12.8 Å². The standard InChI is InChI=1S/C12H20N4O3/c1-4-9(6-11(17)18)7-13-12(19)14-10-5-8(2)16(3)15-10/h5,9H,4,6-7H2,1-3H3,(H,17,18)(H2,13,14,15,19). The largest absolute Gasteiger partial charge is 0.481 e. The second kappa shape index (κ2) is 6.77. The van der Waals surface area contributed by atoms with Gasteiger partial charge in [0.25, 0.3) is 0 Å². The molecule has 7 nitrogen and oxygen atoms in total. The van der Waals surface area contributed by atoms with Crippen LogP contribution < -0.4 is 10.6 Å². The number of carbonyl (C=O) groups excluding carboxylic acids is 1. The first kappa shape index (κ1) is 15.0. The molecule has 0 aliphatic carbocycles. The minimum Gasteiger partial charge on any atom is -0.481 e. The van der Waals surface area contributed by atoms with Crippen LogP contribution in [-0.2, 0) is 11.8 Å². The molecule has 1 aromatic rings. The van der Waals surface area contributed by atoms with Gasteiger partial charge in [-0.15, -0.1) is 0 Å². The molecule has 0 saturated heterocycles. The Morgan fingerprint density at radius 3 is 2.68 bits per heavy atom. The number of hydrogen-bond donors (Lipinski definition) is 3. The van der Waals surface area contributed by atoms with Gasteiger partial charge in [-0.25, -0.2) is 4.79 Å². The van der Waals surface area contributed by atoms with Crippen LogP contribution in [0.15, 0.2) is 6.07 Å². The maximum atomic E-state index is 11.6. The van der Waals surface area contributed by atoms with E-state index in [1.807, 2.05) is 13.8 Å². The van der Waals surface area contributed by atoms with Crippen LogP contribution in [0.3, 0.4) is 0 Å². The number of hydrogen-bond acceptors (Lipinski definition) is 3. The maximum absolute atomic E-state index is 11.6. The molecule has 1 atom stereocenters. The molecule has 1 rings (SSSR count). The Kier molecular flexibility index (Phi) is 5.35. The van der Waals surface area contributed by atoms with Crippen LogP contribution in [0.1, 0.15) is 25.5 Å². The van der Waals surface area contributed by atoms with E-state index in [1.165, 1.54) is 0 Å². The first-order valence-corrected chi connectivity index (χ1v) is 6.19. The topological polar surface area (TPSA) is 96.3 Å². The highest BCUT2D eigenvalue weighted by molar-refractivity contribution is 5.88. The summed E-state index contributed by atoms with van der Waals surface area (Å²) in [5.41, 5.74) is 0.938. The number of aliphatic carboxylic acids is 1. The van der Waals surface area contributed by atoms with Crippen molar-refractivity contribution in [2.24, 2.45) is 13.0 Å². The van der Waals surface area contributed by atoms with Crippen molar-refractivity contribution < 1.29 is 14.7 Å². The second-order valence-corrected chi connectivity index (χ2v) is 4.50. The highest BCUT2D eigenvalue weighted by atomic mass is 16.4. The molecule has 2 amide bonds. The predicted molar refractivity (Wildman–Crippen MR) is 71.0 cm³/mol. The van der Waals surface area contributed by atoms with Gasteiger partial charge in [-0.2, -0.15) is 5.10 Å². The highest BCUT2D eigenvalue weighted by Gasteiger charge is 2.13. The third-order valence-electron chi connectivity index (χ3n) is 2.95. The zero-order valence-corrected chi connectivity index (χ0v) is 11.4. The molecule has 0 aliphatic heterocycles. The van der Waals surface area contributed by atoms with E-state index in [2.05, 4.69) is 15.7 Å². The Hall–Kier alpha value is -2.05. The van der Waals surface area contributed by atoms with Crippen LogP contribution in [0, 0.1) is 12.8 Å². The van der Waals surface area contributed by atoms with Gasteiger partial charge in [0.1, 0.15) is 0 Å². The molecule has 0 aliphatic rings. The average Bonchev–Trinajstić information content (AvgIpc) is 2.63. The van der Waals surface area contributed by atoms with Gasteiger partial charge < -0.3 is 10.4 Å². The fourth-order valence-corrected chi connectivity index (χ4v) is 1.63. The molecule has 7 heteroatoms. The second-order valence-electron chi connectivity index (χ2n) is 4.50. The molecular formula is C12H20N4O3. The number of amides is 2. The fraction of sp³-hybridized carbons (Fsp3) is 0.583. The molecule has 0 saturated carbocycles. The molecule has 0 bridgehead atoms. The normalized spacial score (nSPS) is 11.9. The molecular weight excluding hydrogens is 248 g/mol. The number of aryl methyl sites for hydroxylation is 2. The van der Waals surface area contributed by atoms with Crippen molar-refractivity contribution in [2.75, 3.05) is 11.9 Å². The van der Waals surface area contributed by atoms with E-state index in [4.69, 9.17) is 5.11 Å². The highest BCUT2D eigenvalue weighted by Crippen LogP contribution is 2.08.